The minimum absolute atomic E-state index is 0.215. The number of aryl methyl sites for hydroxylation is 2. The van der Waals surface area contributed by atoms with E-state index < -0.39 is 12.0 Å². The standard InChI is InChI=1S/C16H20FN3O3/c1-4-5-13-19-14(23-20-13)9-18-15(16(21)22-3)11-6-7-12(17)10(2)8-11/h6-8,15,18H,4-5,9H2,1-3H3/t15-/m0/s1. The van der Waals surface area contributed by atoms with Crippen molar-refractivity contribution in [3.05, 3.63) is 46.9 Å². The quantitative estimate of drug-likeness (QED) is 0.790. The fourth-order valence-electron chi connectivity index (χ4n) is 2.18. The molecule has 0 saturated carbocycles. The molecule has 1 N–H and O–H groups in total. The number of carbonyl (C=O) groups is 1. The van der Waals surface area contributed by atoms with Gasteiger partial charge in [-0.25, -0.2) is 9.18 Å². The molecular formula is C16H20FN3O3. The third-order valence-electron chi connectivity index (χ3n) is 3.39. The van der Waals surface area contributed by atoms with Gasteiger partial charge in [-0.3, -0.25) is 5.32 Å². The van der Waals surface area contributed by atoms with Crippen LogP contribution in [0.4, 0.5) is 4.39 Å². The molecule has 0 aliphatic carbocycles. The zero-order valence-electron chi connectivity index (χ0n) is 13.4. The number of rotatable bonds is 7. The van der Waals surface area contributed by atoms with Gasteiger partial charge in [-0.2, -0.15) is 4.98 Å². The van der Waals surface area contributed by atoms with E-state index in [-0.39, 0.29) is 12.4 Å². The molecule has 1 aromatic carbocycles. The van der Waals surface area contributed by atoms with Crippen molar-refractivity contribution in [1.82, 2.24) is 15.5 Å². The number of nitrogens with zero attached hydrogens (tertiary/aromatic N) is 2. The molecule has 23 heavy (non-hydrogen) atoms. The number of esters is 1. The summed E-state index contributed by atoms with van der Waals surface area (Å²) in [7, 11) is 1.31. The Balaban J connectivity index is 2.12. The van der Waals surface area contributed by atoms with Crippen LogP contribution in [0.5, 0.6) is 0 Å². The predicted molar refractivity (Wildman–Crippen MR) is 81.0 cm³/mol. The molecule has 7 heteroatoms. The third-order valence-corrected chi connectivity index (χ3v) is 3.39. The molecule has 1 atom stereocenters. The van der Waals surface area contributed by atoms with E-state index in [9.17, 15) is 9.18 Å². The van der Waals surface area contributed by atoms with Crippen molar-refractivity contribution in [2.24, 2.45) is 0 Å². The normalized spacial score (nSPS) is 12.2. The van der Waals surface area contributed by atoms with Crippen molar-refractivity contribution in [2.45, 2.75) is 39.3 Å². The summed E-state index contributed by atoms with van der Waals surface area (Å²) in [6.07, 6.45) is 1.66. The van der Waals surface area contributed by atoms with Crippen molar-refractivity contribution < 1.29 is 18.4 Å². The molecule has 0 bridgehead atoms. The van der Waals surface area contributed by atoms with Crippen LogP contribution in [0.25, 0.3) is 0 Å². The highest BCUT2D eigenvalue weighted by atomic mass is 19.1. The van der Waals surface area contributed by atoms with E-state index in [1.165, 1.54) is 13.2 Å². The first-order chi connectivity index (χ1) is 11.0. The minimum atomic E-state index is -0.735. The summed E-state index contributed by atoms with van der Waals surface area (Å²) in [6.45, 7) is 3.88. The van der Waals surface area contributed by atoms with E-state index in [4.69, 9.17) is 9.26 Å². The molecular weight excluding hydrogens is 301 g/mol. The molecule has 0 unspecified atom stereocenters. The van der Waals surface area contributed by atoms with Gasteiger partial charge >= 0.3 is 5.97 Å². The van der Waals surface area contributed by atoms with Crippen LogP contribution in [-0.2, 0) is 22.5 Å². The number of hydrogen-bond donors (Lipinski definition) is 1. The van der Waals surface area contributed by atoms with Crippen LogP contribution in [-0.4, -0.2) is 23.2 Å². The van der Waals surface area contributed by atoms with E-state index in [1.807, 2.05) is 6.92 Å². The highest BCUT2D eigenvalue weighted by Crippen LogP contribution is 2.18. The van der Waals surface area contributed by atoms with Crippen molar-refractivity contribution in [3.63, 3.8) is 0 Å². The van der Waals surface area contributed by atoms with Gasteiger partial charge in [0.2, 0.25) is 5.89 Å². The first-order valence-electron chi connectivity index (χ1n) is 7.43. The van der Waals surface area contributed by atoms with E-state index in [1.54, 1.807) is 19.1 Å². The van der Waals surface area contributed by atoms with Crippen LogP contribution in [0.15, 0.2) is 22.7 Å². The smallest absolute Gasteiger partial charge is 0.327 e. The average molecular weight is 321 g/mol. The van der Waals surface area contributed by atoms with E-state index in [0.29, 0.717) is 22.8 Å². The van der Waals surface area contributed by atoms with Crippen molar-refractivity contribution >= 4 is 5.97 Å². The van der Waals surface area contributed by atoms with E-state index >= 15 is 0 Å². The van der Waals surface area contributed by atoms with Crippen LogP contribution in [0.1, 0.15) is 42.2 Å². The zero-order chi connectivity index (χ0) is 16.8. The molecule has 1 heterocycles. The molecule has 0 aliphatic heterocycles. The molecule has 124 valence electrons. The fourth-order valence-corrected chi connectivity index (χ4v) is 2.18. The number of aromatic nitrogens is 2. The number of hydrogen-bond acceptors (Lipinski definition) is 6. The van der Waals surface area contributed by atoms with Crippen molar-refractivity contribution in [1.29, 1.82) is 0 Å². The van der Waals surface area contributed by atoms with Gasteiger partial charge in [-0.15, -0.1) is 0 Å². The maximum atomic E-state index is 13.4. The predicted octanol–water partition coefficient (Wildman–Crippen LogP) is 2.47. The lowest BCUT2D eigenvalue weighted by atomic mass is 10.0. The molecule has 1 aromatic heterocycles. The maximum absolute atomic E-state index is 13.4. The van der Waals surface area contributed by atoms with Gasteiger partial charge in [0.05, 0.1) is 13.7 Å². The Kier molecular flexibility index (Phi) is 5.81. The molecule has 0 radical (unpaired) electrons. The Labute approximate surface area is 134 Å². The highest BCUT2D eigenvalue weighted by Gasteiger charge is 2.22. The lowest BCUT2D eigenvalue weighted by Gasteiger charge is -2.16. The van der Waals surface area contributed by atoms with Gasteiger partial charge in [0, 0.05) is 6.42 Å². The molecule has 0 saturated heterocycles. The zero-order valence-corrected chi connectivity index (χ0v) is 13.4. The van der Waals surface area contributed by atoms with E-state index in [2.05, 4.69) is 15.5 Å². The number of nitrogens with one attached hydrogen (secondary N) is 1. The van der Waals surface area contributed by atoms with Crippen molar-refractivity contribution in [3.8, 4) is 0 Å². The van der Waals surface area contributed by atoms with Crippen molar-refractivity contribution in [2.75, 3.05) is 7.11 Å². The summed E-state index contributed by atoms with van der Waals surface area (Å²) in [4.78, 5) is 16.2. The Morgan fingerprint density at radius 1 is 1.48 bits per heavy atom. The number of benzene rings is 1. The van der Waals surface area contributed by atoms with Gasteiger partial charge in [0.15, 0.2) is 5.82 Å². The Morgan fingerprint density at radius 2 is 2.26 bits per heavy atom. The molecule has 0 spiro atoms. The Hall–Kier alpha value is -2.28. The Morgan fingerprint density at radius 3 is 2.91 bits per heavy atom. The summed E-state index contributed by atoms with van der Waals surface area (Å²) >= 11 is 0. The fraction of sp³-hybridized carbons (Fsp3) is 0.438. The summed E-state index contributed by atoms with van der Waals surface area (Å²) in [5.74, 6) is 0.237. The van der Waals surface area contributed by atoms with Gasteiger partial charge < -0.3 is 9.26 Å². The highest BCUT2D eigenvalue weighted by molar-refractivity contribution is 5.77. The average Bonchev–Trinajstić information content (AvgIpc) is 2.98. The number of methoxy groups -OCH3 is 1. The minimum Gasteiger partial charge on any atom is -0.468 e. The largest absolute Gasteiger partial charge is 0.468 e. The maximum Gasteiger partial charge on any atom is 0.327 e. The van der Waals surface area contributed by atoms with Crippen LogP contribution in [0.2, 0.25) is 0 Å². The topological polar surface area (TPSA) is 77.2 Å². The van der Waals surface area contributed by atoms with Gasteiger partial charge in [-0.05, 0) is 30.5 Å². The molecule has 2 rings (SSSR count). The summed E-state index contributed by atoms with van der Waals surface area (Å²) in [6, 6.07) is 3.75. The second-order valence-electron chi connectivity index (χ2n) is 5.20. The Bertz CT molecular complexity index is 672. The van der Waals surface area contributed by atoms with E-state index in [0.717, 1.165) is 12.8 Å². The van der Waals surface area contributed by atoms with Crippen LogP contribution >= 0.6 is 0 Å². The van der Waals surface area contributed by atoms with Gasteiger partial charge in [0.25, 0.3) is 0 Å². The molecule has 0 amide bonds. The summed E-state index contributed by atoms with van der Waals surface area (Å²) in [5.41, 5.74) is 1.07. The lowest BCUT2D eigenvalue weighted by Crippen LogP contribution is -2.29. The molecule has 6 nitrogen and oxygen atoms in total. The SMILES string of the molecule is CCCc1noc(CN[C@H](C(=O)OC)c2ccc(F)c(C)c2)n1. The number of ether oxygens (including phenoxy) is 1. The number of halogens is 1. The van der Waals surface area contributed by atoms with Crippen LogP contribution in [0.3, 0.4) is 0 Å². The molecule has 0 fully saturated rings. The first kappa shape index (κ1) is 17.1. The molecule has 0 aliphatic rings. The monoisotopic (exact) mass is 321 g/mol. The summed E-state index contributed by atoms with van der Waals surface area (Å²) < 4.78 is 23.3. The van der Waals surface area contributed by atoms with Crippen LogP contribution in [0, 0.1) is 12.7 Å². The first-order valence-corrected chi connectivity index (χ1v) is 7.43. The second kappa shape index (κ2) is 7.82. The second-order valence-corrected chi connectivity index (χ2v) is 5.20. The van der Waals surface area contributed by atoms with Gasteiger partial charge in [-0.1, -0.05) is 24.2 Å². The lowest BCUT2D eigenvalue weighted by molar-refractivity contribution is -0.143. The number of carbonyl (C=O) groups excluding carboxylic acids is 1. The third kappa shape index (κ3) is 4.35. The van der Waals surface area contributed by atoms with Gasteiger partial charge in [0.1, 0.15) is 11.9 Å². The summed E-state index contributed by atoms with van der Waals surface area (Å²) in [5, 5.41) is 6.87. The van der Waals surface area contributed by atoms with Crippen LogP contribution < -0.4 is 5.32 Å². The molecule has 2 aromatic rings.